The number of hydrogen-bond acceptors (Lipinski definition) is 6. The maximum Gasteiger partial charge on any atom is 0.150 e. The van der Waals surface area contributed by atoms with Crippen LogP contribution in [0.1, 0.15) is 78.8 Å². The van der Waals surface area contributed by atoms with Gasteiger partial charge in [0.1, 0.15) is 37.7 Å². The summed E-state index contributed by atoms with van der Waals surface area (Å²) >= 11 is 0. The molecule has 0 aromatic heterocycles. The number of carbonyl (C=O) groups excluding carboxylic acids is 6. The van der Waals surface area contributed by atoms with Crippen molar-refractivity contribution in [3.63, 3.8) is 0 Å². The zero-order chi connectivity index (χ0) is 36.2. The molecule has 6 aromatic rings. The summed E-state index contributed by atoms with van der Waals surface area (Å²) in [6.07, 6.45) is 4.44. The molecule has 0 bridgehead atoms. The topological polar surface area (TPSA) is 102 Å². The normalized spacial score (nSPS) is 10.7. The number of benzene rings is 6. The number of hydrogen-bond donors (Lipinski definition) is 0. The molecule has 0 aliphatic carbocycles. The quantitative estimate of drug-likeness (QED) is 0.127. The van der Waals surface area contributed by atoms with E-state index in [2.05, 4.69) is 18.2 Å². The average molecular weight is 669 g/mol. The molecule has 0 amide bonds. The van der Waals surface area contributed by atoms with E-state index in [-0.39, 0.29) is 0 Å². The summed E-state index contributed by atoms with van der Waals surface area (Å²) in [7, 11) is 0. The molecule has 0 atom stereocenters. The lowest BCUT2D eigenvalue weighted by molar-refractivity contribution is 0.111. The molecule has 0 radical (unpaired) electrons. The summed E-state index contributed by atoms with van der Waals surface area (Å²) in [6, 6.07) is 30.9. The van der Waals surface area contributed by atoms with E-state index < -0.39 is 0 Å². The SMILES string of the molecule is Cc1c(-c2cc(C=O)cc(C=O)c2)c(C)c(-c2cc(-c3ccc(C=O)cc3)cc(-c3ccc(C=O)cc3)c2)c(C)c1-c1cc(C=O)cc(C=O)c1. The molecule has 0 N–H and O–H groups in total. The Morgan fingerprint density at radius 2 is 0.529 bits per heavy atom. The predicted molar refractivity (Wildman–Crippen MR) is 200 cm³/mol. The maximum absolute atomic E-state index is 12.0. The zero-order valence-corrected chi connectivity index (χ0v) is 28.2. The van der Waals surface area contributed by atoms with Gasteiger partial charge in [-0.3, -0.25) is 28.8 Å². The molecule has 0 aliphatic rings. The molecule has 0 unspecified atom stereocenters. The molecular formula is C45H32O6. The highest BCUT2D eigenvalue weighted by molar-refractivity contribution is 5.97. The van der Waals surface area contributed by atoms with E-state index in [1.165, 1.54) is 12.1 Å². The molecule has 0 fully saturated rings. The first-order valence-corrected chi connectivity index (χ1v) is 16.2. The predicted octanol–water partition coefficient (Wildman–Crippen LogP) is 9.82. The molecule has 0 aliphatic heterocycles. The lowest BCUT2D eigenvalue weighted by Crippen LogP contribution is -2.03. The van der Waals surface area contributed by atoms with Crippen LogP contribution in [0.5, 0.6) is 0 Å². The van der Waals surface area contributed by atoms with Crippen LogP contribution in [-0.2, 0) is 0 Å². The minimum Gasteiger partial charge on any atom is -0.298 e. The van der Waals surface area contributed by atoms with Crippen molar-refractivity contribution >= 4 is 37.7 Å². The van der Waals surface area contributed by atoms with Gasteiger partial charge in [0, 0.05) is 33.4 Å². The largest absolute Gasteiger partial charge is 0.298 e. The summed E-state index contributed by atoms with van der Waals surface area (Å²) in [5.41, 5.74) is 13.4. The summed E-state index contributed by atoms with van der Waals surface area (Å²) in [6.45, 7) is 5.97. The van der Waals surface area contributed by atoms with E-state index in [9.17, 15) is 28.8 Å². The van der Waals surface area contributed by atoms with E-state index in [0.717, 1.165) is 73.8 Å². The molecule has 51 heavy (non-hydrogen) atoms. The monoisotopic (exact) mass is 668 g/mol. The van der Waals surface area contributed by atoms with Crippen LogP contribution in [0.2, 0.25) is 0 Å². The first-order chi connectivity index (χ1) is 24.7. The van der Waals surface area contributed by atoms with Crippen molar-refractivity contribution in [2.24, 2.45) is 0 Å². The van der Waals surface area contributed by atoms with Crippen LogP contribution < -0.4 is 0 Å². The average Bonchev–Trinajstić information content (AvgIpc) is 3.17. The molecule has 0 spiro atoms. The third-order valence-electron chi connectivity index (χ3n) is 9.31. The fourth-order valence-electron chi connectivity index (χ4n) is 7.05. The van der Waals surface area contributed by atoms with Gasteiger partial charge in [0.2, 0.25) is 0 Å². The second-order valence-corrected chi connectivity index (χ2v) is 12.5. The van der Waals surface area contributed by atoms with Gasteiger partial charge >= 0.3 is 0 Å². The van der Waals surface area contributed by atoms with E-state index >= 15 is 0 Å². The van der Waals surface area contributed by atoms with Crippen molar-refractivity contribution in [3.05, 3.63) is 153 Å². The third kappa shape index (κ3) is 6.67. The van der Waals surface area contributed by atoms with E-state index in [1.54, 1.807) is 48.5 Å². The van der Waals surface area contributed by atoms with Crippen LogP contribution in [-0.4, -0.2) is 37.7 Å². The first-order valence-electron chi connectivity index (χ1n) is 16.2. The Morgan fingerprint density at radius 3 is 0.804 bits per heavy atom. The number of carbonyl (C=O) groups is 6. The lowest BCUT2D eigenvalue weighted by Gasteiger charge is -2.25. The van der Waals surface area contributed by atoms with E-state index in [4.69, 9.17) is 0 Å². The van der Waals surface area contributed by atoms with Crippen molar-refractivity contribution in [2.75, 3.05) is 0 Å². The van der Waals surface area contributed by atoms with Gasteiger partial charge in [-0.1, -0.05) is 48.5 Å². The number of rotatable bonds is 11. The highest BCUT2D eigenvalue weighted by atomic mass is 16.1. The fraction of sp³-hybridized carbons (Fsp3) is 0.0667. The Hall–Kier alpha value is -6.66. The van der Waals surface area contributed by atoms with Crippen LogP contribution in [0.15, 0.2) is 103 Å². The fourth-order valence-corrected chi connectivity index (χ4v) is 7.05. The molecule has 0 heterocycles. The Labute approximate surface area is 295 Å². The van der Waals surface area contributed by atoms with Crippen molar-refractivity contribution in [2.45, 2.75) is 20.8 Å². The Morgan fingerprint density at radius 1 is 0.275 bits per heavy atom. The van der Waals surface area contributed by atoms with Crippen molar-refractivity contribution in [1.29, 1.82) is 0 Å². The first kappa shape index (κ1) is 34.2. The van der Waals surface area contributed by atoms with Gasteiger partial charge in [0.05, 0.1) is 0 Å². The van der Waals surface area contributed by atoms with Crippen LogP contribution >= 0.6 is 0 Å². The Kier molecular flexibility index (Phi) is 9.69. The Balaban J connectivity index is 1.74. The summed E-state index contributed by atoms with van der Waals surface area (Å²) in [4.78, 5) is 70.9. The van der Waals surface area contributed by atoms with Gasteiger partial charge in [-0.05, 0) is 148 Å². The minimum absolute atomic E-state index is 0.352. The maximum atomic E-state index is 12.0. The van der Waals surface area contributed by atoms with Crippen LogP contribution in [0.3, 0.4) is 0 Å². The van der Waals surface area contributed by atoms with Crippen molar-refractivity contribution in [1.82, 2.24) is 0 Å². The van der Waals surface area contributed by atoms with Gasteiger partial charge in [0.25, 0.3) is 0 Å². The van der Waals surface area contributed by atoms with Gasteiger partial charge < -0.3 is 0 Å². The van der Waals surface area contributed by atoms with Gasteiger partial charge in [-0.25, -0.2) is 0 Å². The highest BCUT2D eigenvalue weighted by Crippen LogP contribution is 2.46. The van der Waals surface area contributed by atoms with Gasteiger partial charge in [-0.2, -0.15) is 0 Å². The molecule has 0 saturated heterocycles. The second-order valence-electron chi connectivity index (χ2n) is 12.5. The number of aldehydes is 6. The van der Waals surface area contributed by atoms with E-state index in [0.29, 0.717) is 69.7 Å². The summed E-state index contributed by atoms with van der Waals surface area (Å²) in [5, 5.41) is 0. The molecular weight excluding hydrogens is 636 g/mol. The van der Waals surface area contributed by atoms with Crippen LogP contribution in [0, 0.1) is 20.8 Å². The zero-order valence-electron chi connectivity index (χ0n) is 28.2. The standard InChI is InChI=1S/C45H32O6/c1-27-43(40-14-32(23-48)12-33(15-40)24-49)28(2)45(29(3)44(27)41-16-34(25-50)13-35(17-41)26-51)42-19-38(36-8-4-30(21-46)5-9-36)18-39(20-42)37-10-6-31(22-47)7-11-37/h4-26H,1-3H3. The summed E-state index contributed by atoms with van der Waals surface area (Å²) in [5.74, 6) is 0. The van der Waals surface area contributed by atoms with Crippen molar-refractivity contribution in [3.8, 4) is 55.6 Å². The second kappa shape index (κ2) is 14.4. The van der Waals surface area contributed by atoms with Gasteiger partial charge in [-0.15, -0.1) is 0 Å². The smallest absolute Gasteiger partial charge is 0.150 e. The molecule has 0 saturated carbocycles. The summed E-state index contributed by atoms with van der Waals surface area (Å²) < 4.78 is 0. The molecule has 248 valence electrons. The third-order valence-corrected chi connectivity index (χ3v) is 9.31. The van der Waals surface area contributed by atoms with Crippen LogP contribution in [0.25, 0.3) is 55.6 Å². The molecule has 6 nitrogen and oxygen atoms in total. The molecule has 6 heteroatoms. The van der Waals surface area contributed by atoms with Gasteiger partial charge in [0.15, 0.2) is 0 Å². The minimum atomic E-state index is 0.352. The lowest BCUT2D eigenvalue weighted by atomic mass is 9.79. The molecule has 6 aromatic carbocycles. The highest BCUT2D eigenvalue weighted by Gasteiger charge is 2.23. The van der Waals surface area contributed by atoms with Crippen molar-refractivity contribution < 1.29 is 28.8 Å². The Bertz CT molecular complexity index is 2170. The van der Waals surface area contributed by atoms with Crippen LogP contribution in [0.4, 0.5) is 0 Å². The molecule has 6 rings (SSSR count). The van der Waals surface area contributed by atoms with E-state index in [1.807, 2.05) is 45.0 Å².